The van der Waals surface area contributed by atoms with Crippen LogP contribution >= 0.6 is 0 Å². The van der Waals surface area contributed by atoms with Crippen LogP contribution < -0.4 is 4.74 Å². The number of aliphatic carboxylic acids is 1. The maximum Gasteiger partial charge on any atom is 0.309 e. The fraction of sp³-hybridized carbons (Fsp3) is 0.292. The number of fused-ring (bicyclic) bond motifs is 1. The Morgan fingerprint density at radius 1 is 1.17 bits per heavy atom. The van der Waals surface area contributed by atoms with E-state index in [1.165, 1.54) is 0 Å². The zero-order chi connectivity index (χ0) is 21.3. The van der Waals surface area contributed by atoms with Gasteiger partial charge in [-0.1, -0.05) is 25.3 Å². The fourth-order valence-electron chi connectivity index (χ4n) is 5.05. The highest BCUT2D eigenvalue weighted by Gasteiger charge is 2.72. The number of ether oxygens (including phenoxy) is 1. The molecule has 0 spiro atoms. The van der Waals surface area contributed by atoms with E-state index in [4.69, 9.17) is 9.84 Å². The van der Waals surface area contributed by atoms with Crippen LogP contribution in [0.15, 0.2) is 55.3 Å². The van der Waals surface area contributed by atoms with Crippen molar-refractivity contribution >= 4 is 17.2 Å². The molecule has 3 aliphatic carbocycles. The predicted octanol–water partition coefficient (Wildman–Crippen LogP) is 4.54. The molecule has 6 nitrogen and oxygen atoms in total. The predicted molar refractivity (Wildman–Crippen MR) is 114 cm³/mol. The number of hydrogen-bond donors (Lipinski definition) is 1. The number of carbonyl (C=O) groups is 1. The van der Waals surface area contributed by atoms with Gasteiger partial charge in [0, 0.05) is 17.8 Å². The van der Waals surface area contributed by atoms with Crippen molar-refractivity contribution < 1.29 is 14.6 Å². The minimum absolute atomic E-state index is 0.133. The average molecular weight is 401 g/mol. The first-order valence-corrected chi connectivity index (χ1v) is 9.91. The first-order chi connectivity index (χ1) is 14.3. The van der Waals surface area contributed by atoms with Crippen molar-refractivity contribution in [1.29, 1.82) is 0 Å². The Kier molecular flexibility index (Phi) is 3.75. The van der Waals surface area contributed by atoms with E-state index in [0.29, 0.717) is 25.0 Å². The maximum absolute atomic E-state index is 11.4. The summed E-state index contributed by atoms with van der Waals surface area (Å²) in [5, 5.41) is 14.2. The van der Waals surface area contributed by atoms with Gasteiger partial charge in [0.05, 0.1) is 23.9 Å². The summed E-state index contributed by atoms with van der Waals surface area (Å²) in [7, 11) is 1.66. The third-order valence-corrected chi connectivity index (χ3v) is 6.86. The molecule has 0 aliphatic heterocycles. The number of hydrogen-bond acceptors (Lipinski definition) is 4. The summed E-state index contributed by atoms with van der Waals surface area (Å²) in [6.45, 7) is 10.5. The summed E-state index contributed by atoms with van der Waals surface area (Å²) in [5.74, 6) is 0.122. The number of methoxy groups -OCH3 is 1. The second kappa shape index (κ2) is 6.05. The molecule has 6 rings (SSSR count). The summed E-state index contributed by atoms with van der Waals surface area (Å²) in [6, 6.07) is 9.87. The Labute approximate surface area is 174 Å². The van der Waals surface area contributed by atoms with Crippen molar-refractivity contribution in [3.63, 3.8) is 0 Å². The van der Waals surface area contributed by atoms with Gasteiger partial charge < -0.3 is 9.84 Å². The van der Waals surface area contributed by atoms with Gasteiger partial charge in [0.1, 0.15) is 5.75 Å². The number of carboxylic acid groups (broad SMARTS) is 1. The maximum atomic E-state index is 11.4. The van der Waals surface area contributed by atoms with Crippen LogP contribution in [0.1, 0.15) is 30.5 Å². The lowest BCUT2D eigenvalue weighted by Gasteiger charge is -2.69. The van der Waals surface area contributed by atoms with Crippen LogP contribution in [0, 0.1) is 17.8 Å². The third kappa shape index (κ3) is 2.39. The van der Waals surface area contributed by atoms with E-state index < -0.39 is 11.4 Å². The van der Waals surface area contributed by atoms with Gasteiger partial charge in [-0.3, -0.25) is 4.79 Å². The van der Waals surface area contributed by atoms with Gasteiger partial charge in [0.25, 0.3) is 0 Å². The number of carboxylic acids is 1. The normalized spacial score (nSPS) is 24.1. The van der Waals surface area contributed by atoms with E-state index in [1.54, 1.807) is 17.8 Å². The molecule has 30 heavy (non-hydrogen) atoms. The molecule has 0 amide bonds. The van der Waals surface area contributed by atoms with E-state index in [-0.39, 0.29) is 5.41 Å². The zero-order valence-corrected chi connectivity index (χ0v) is 17.1. The smallest absolute Gasteiger partial charge is 0.309 e. The lowest BCUT2D eigenvalue weighted by atomic mass is 9.33. The number of nitrogens with zero attached hydrogens (tertiary/aromatic N) is 3. The lowest BCUT2D eigenvalue weighted by Crippen LogP contribution is -2.65. The third-order valence-electron chi connectivity index (χ3n) is 6.86. The first-order valence-electron chi connectivity index (χ1n) is 9.91. The molecule has 0 unspecified atom stereocenters. The highest BCUT2D eigenvalue weighted by Crippen LogP contribution is 2.77. The van der Waals surface area contributed by atoms with Gasteiger partial charge in [-0.05, 0) is 60.4 Å². The van der Waals surface area contributed by atoms with E-state index in [0.717, 1.165) is 39.4 Å². The molecule has 1 aromatic carbocycles. The molecule has 2 aromatic heterocycles. The van der Waals surface area contributed by atoms with Gasteiger partial charge >= 0.3 is 5.97 Å². The van der Waals surface area contributed by atoms with Gasteiger partial charge in [0.2, 0.25) is 0 Å². The van der Waals surface area contributed by atoms with Crippen LogP contribution in [-0.4, -0.2) is 32.8 Å². The van der Waals surface area contributed by atoms with Gasteiger partial charge in [0.15, 0.2) is 5.65 Å². The zero-order valence-electron chi connectivity index (χ0n) is 17.1. The van der Waals surface area contributed by atoms with Gasteiger partial charge in [-0.15, -0.1) is 0 Å². The van der Waals surface area contributed by atoms with Crippen LogP contribution in [0.5, 0.6) is 5.75 Å². The van der Waals surface area contributed by atoms with Crippen LogP contribution in [-0.2, 0) is 4.79 Å². The molecule has 3 saturated carbocycles. The van der Waals surface area contributed by atoms with Crippen LogP contribution in [0.4, 0.5) is 0 Å². The molecule has 3 aromatic rings. The Bertz CT molecular complexity index is 1230. The fourth-order valence-corrected chi connectivity index (χ4v) is 5.05. The molecule has 0 radical (unpaired) electrons. The molecule has 3 fully saturated rings. The Morgan fingerprint density at radius 3 is 2.57 bits per heavy atom. The summed E-state index contributed by atoms with van der Waals surface area (Å²) in [4.78, 5) is 15.9. The molecule has 0 atom stereocenters. The number of aryl methyl sites for hydroxylation is 1. The lowest BCUT2D eigenvalue weighted by molar-refractivity contribution is -0.207. The molecule has 152 valence electrons. The molecular weight excluding hydrogens is 378 g/mol. The summed E-state index contributed by atoms with van der Waals surface area (Å²) >= 11 is 0. The van der Waals surface area contributed by atoms with Crippen molar-refractivity contribution in [3.05, 3.63) is 66.5 Å². The molecule has 1 N–H and O–H groups in total. The quantitative estimate of drug-likeness (QED) is 0.614. The van der Waals surface area contributed by atoms with E-state index >= 15 is 0 Å². The largest absolute Gasteiger partial charge is 0.496 e. The molecule has 2 heterocycles. The molecule has 3 aliphatic rings. The monoisotopic (exact) mass is 401 g/mol. The highest BCUT2D eigenvalue weighted by molar-refractivity contribution is 5.85. The Morgan fingerprint density at radius 2 is 1.90 bits per heavy atom. The van der Waals surface area contributed by atoms with E-state index in [9.17, 15) is 9.90 Å². The minimum Gasteiger partial charge on any atom is -0.496 e. The van der Waals surface area contributed by atoms with Gasteiger partial charge in [-0.2, -0.15) is 5.10 Å². The number of allylic oxidation sites excluding steroid dienone is 2. The topological polar surface area (TPSA) is 76.7 Å². The van der Waals surface area contributed by atoms with Crippen molar-refractivity contribution in [2.24, 2.45) is 10.8 Å². The SMILES string of the molecule is C=C(C(=C)C12CC(C(=O)O)(C1)C2)c1cc2nccc(-c3ccc(C)c(OC)c3)n2n1. The highest BCUT2D eigenvalue weighted by atomic mass is 16.5. The average Bonchev–Trinajstić information content (AvgIpc) is 3.09. The number of rotatable bonds is 6. The number of benzene rings is 1. The van der Waals surface area contributed by atoms with Gasteiger partial charge in [-0.25, -0.2) is 9.50 Å². The van der Waals surface area contributed by atoms with Crippen molar-refractivity contribution in [2.75, 3.05) is 7.11 Å². The Balaban J connectivity index is 1.48. The van der Waals surface area contributed by atoms with E-state index in [2.05, 4.69) is 18.1 Å². The van der Waals surface area contributed by atoms with Crippen LogP contribution in [0.25, 0.3) is 22.5 Å². The summed E-state index contributed by atoms with van der Waals surface area (Å²) in [6.07, 6.45) is 3.70. The summed E-state index contributed by atoms with van der Waals surface area (Å²) in [5.41, 5.74) is 5.36. The molecule has 0 saturated heterocycles. The second-order valence-corrected chi connectivity index (χ2v) is 8.67. The number of aromatic nitrogens is 3. The van der Waals surface area contributed by atoms with Crippen molar-refractivity contribution in [3.8, 4) is 17.0 Å². The minimum atomic E-state index is -0.696. The van der Waals surface area contributed by atoms with E-state index in [1.807, 2.05) is 37.3 Å². The second-order valence-electron chi connectivity index (χ2n) is 8.67. The standard InChI is InChI=1S/C24H23N3O3/c1-14-5-6-17(9-20(14)30-4)19-7-8-25-21-10-18(26-27(19)21)15(2)16(3)23-11-24(12-23,13-23)22(28)29/h5-10H,2-3,11-13H2,1,4H3,(H,28,29). The van der Waals surface area contributed by atoms with Crippen molar-refractivity contribution in [1.82, 2.24) is 14.6 Å². The molecule has 2 bridgehead atoms. The van der Waals surface area contributed by atoms with Crippen molar-refractivity contribution in [2.45, 2.75) is 26.2 Å². The molecular formula is C24H23N3O3. The van der Waals surface area contributed by atoms with Crippen LogP contribution in [0.3, 0.4) is 0 Å². The molecule has 6 heteroatoms. The summed E-state index contributed by atoms with van der Waals surface area (Å²) < 4.78 is 7.27. The Hall–Kier alpha value is -3.41. The first kappa shape index (κ1) is 18.6. The van der Waals surface area contributed by atoms with Crippen LogP contribution in [0.2, 0.25) is 0 Å².